The van der Waals surface area contributed by atoms with Crippen molar-refractivity contribution in [2.75, 3.05) is 17.6 Å². The highest BCUT2D eigenvalue weighted by Crippen LogP contribution is 2.26. The SMILES string of the molecule is COc1ccc(NS(=O)(=O)c2cc(Cl)cc(N)c2F)cn1. The Morgan fingerprint density at radius 2 is 2.10 bits per heavy atom. The van der Waals surface area contributed by atoms with Crippen LogP contribution in [0, 0.1) is 5.82 Å². The highest BCUT2D eigenvalue weighted by Gasteiger charge is 2.22. The Hall–Kier alpha value is -2.06. The van der Waals surface area contributed by atoms with Gasteiger partial charge < -0.3 is 10.5 Å². The van der Waals surface area contributed by atoms with E-state index in [0.29, 0.717) is 5.88 Å². The second-order valence-electron chi connectivity index (χ2n) is 4.00. The molecule has 0 radical (unpaired) electrons. The minimum Gasteiger partial charge on any atom is -0.481 e. The number of sulfonamides is 1. The minimum absolute atomic E-state index is 0.0159. The van der Waals surface area contributed by atoms with Crippen molar-refractivity contribution in [1.29, 1.82) is 0 Å². The van der Waals surface area contributed by atoms with Crippen molar-refractivity contribution in [3.05, 3.63) is 41.3 Å². The van der Waals surface area contributed by atoms with Crippen molar-refractivity contribution in [1.82, 2.24) is 4.98 Å². The van der Waals surface area contributed by atoms with E-state index in [0.717, 1.165) is 12.1 Å². The zero-order valence-electron chi connectivity index (χ0n) is 10.8. The van der Waals surface area contributed by atoms with Crippen molar-refractivity contribution in [3.8, 4) is 5.88 Å². The van der Waals surface area contributed by atoms with Gasteiger partial charge in [0.25, 0.3) is 10.0 Å². The Bertz CT molecular complexity index is 766. The van der Waals surface area contributed by atoms with E-state index in [1.807, 2.05) is 0 Å². The third-order valence-electron chi connectivity index (χ3n) is 2.52. The number of rotatable bonds is 4. The number of anilines is 2. The summed E-state index contributed by atoms with van der Waals surface area (Å²) in [6, 6.07) is 4.99. The molecule has 0 aliphatic rings. The quantitative estimate of drug-likeness (QED) is 0.838. The van der Waals surface area contributed by atoms with Gasteiger partial charge in [0.15, 0.2) is 5.82 Å². The molecule has 112 valence electrons. The molecule has 0 amide bonds. The van der Waals surface area contributed by atoms with Crippen molar-refractivity contribution in [2.45, 2.75) is 4.90 Å². The number of methoxy groups -OCH3 is 1. The molecule has 0 fully saturated rings. The molecule has 0 bridgehead atoms. The molecule has 6 nitrogen and oxygen atoms in total. The van der Waals surface area contributed by atoms with Gasteiger partial charge in [0.2, 0.25) is 5.88 Å². The zero-order valence-corrected chi connectivity index (χ0v) is 12.4. The van der Waals surface area contributed by atoms with E-state index in [2.05, 4.69) is 9.71 Å². The molecule has 0 spiro atoms. The second-order valence-corrected chi connectivity index (χ2v) is 6.09. The Kier molecular flexibility index (Phi) is 4.19. The number of hydrogen-bond acceptors (Lipinski definition) is 5. The average Bonchev–Trinajstić information content (AvgIpc) is 2.43. The highest BCUT2D eigenvalue weighted by molar-refractivity contribution is 7.92. The van der Waals surface area contributed by atoms with Gasteiger partial charge in [-0.3, -0.25) is 4.72 Å². The number of ether oxygens (including phenoxy) is 1. The van der Waals surface area contributed by atoms with E-state index >= 15 is 0 Å². The van der Waals surface area contributed by atoms with Gasteiger partial charge in [-0.15, -0.1) is 0 Å². The molecule has 0 atom stereocenters. The normalized spacial score (nSPS) is 11.2. The molecule has 0 saturated heterocycles. The number of aromatic nitrogens is 1. The number of nitrogens with one attached hydrogen (secondary N) is 1. The summed E-state index contributed by atoms with van der Waals surface area (Å²) in [6.45, 7) is 0. The third-order valence-corrected chi connectivity index (χ3v) is 4.12. The molecule has 3 N–H and O–H groups in total. The maximum Gasteiger partial charge on any atom is 0.265 e. The summed E-state index contributed by atoms with van der Waals surface area (Å²) in [6.07, 6.45) is 1.24. The van der Waals surface area contributed by atoms with Gasteiger partial charge >= 0.3 is 0 Å². The number of benzene rings is 1. The van der Waals surface area contributed by atoms with Crippen molar-refractivity contribution >= 4 is 33.0 Å². The lowest BCUT2D eigenvalue weighted by atomic mass is 10.3. The van der Waals surface area contributed by atoms with Gasteiger partial charge in [-0.1, -0.05) is 11.6 Å². The number of hydrogen-bond donors (Lipinski definition) is 2. The van der Waals surface area contributed by atoms with Crippen LogP contribution in [0.2, 0.25) is 5.02 Å². The van der Waals surface area contributed by atoms with Crippen LogP contribution in [0.5, 0.6) is 5.88 Å². The maximum absolute atomic E-state index is 13.9. The van der Waals surface area contributed by atoms with E-state index in [1.54, 1.807) is 0 Å². The fourth-order valence-corrected chi connectivity index (χ4v) is 3.02. The fraction of sp³-hybridized carbons (Fsp3) is 0.0833. The Morgan fingerprint density at radius 3 is 2.67 bits per heavy atom. The number of nitrogens with zero attached hydrogens (tertiary/aromatic N) is 1. The first-order valence-corrected chi connectivity index (χ1v) is 7.47. The molecule has 1 aromatic carbocycles. The van der Waals surface area contributed by atoms with Crippen LogP contribution in [0.15, 0.2) is 35.4 Å². The van der Waals surface area contributed by atoms with Crippen molar-refractivity contribution < 1.29 is 17.5 Å². The van der Waals surface area contributed by atoms with Crippen LogP contribution >= 0.6 is 11.6 Å². The number of nitrogen functional groups attached to an aromatic ring is 1. The first kappa shape index (κ1) is 15.3. The second kappa shape index (κ2) is 5.74. The first-order valence-electron chi connectivity index (χ1n) is 5.61. The van der Waals surface area contributed by atoms with Crippen LogP contribution in [-0.4, -0.2) is 20.5 Å². The number of pyridine rings is 1. The van der Waals surface area contributed by atoms with Gasteiger partial charge in [-0.25, -0.2) is 17.8 Å². The monoisotopic (exact) mass is 331 g/mol. The molecule has 0 aliphatic carbocycles. The van der Waals surface area contributed by atoms with Gasteiger partial charge in [0.05, 0.1) is 24.7 Å². The molecular weight excluding hydrogens is 321 g/mol. The van der Waals surface area contributed by atoms with Crippen LogP contribution in [-0.2, 0) is 10.0 Å². The smallest absolute Gasteiger partial charge is 0.265 e. The lowest BCUT2D eigenvalue weighted by Crippen LogP contribution is -2.15. The average molecular weight is 332 g/mol. The van der Waals surface area contributed by atoms with Gasteiger partial charge in [-0.2, -0.15) is 0 Å². The fourth-order valence-electron chi connectivity index (χ4n) is 1.55. The summed E-state index contributed by atoms with van der Waals surface area (Å²) in [5, 5.41) is 0.0159. The lowest BCUT2D eigenvalue weighted by molar-refractivity contribution is 0.398. The Balaban J connectivity index is 2.38. The molecule has 1 heterocycles. The largest absolute Gasteiger partial charge is 0.481 e. The topological polar surface area (TPSA) is 94.3 Å². The van der Waals surface area contributed by atoms with E-state index in [9.17, 15) is 12.8 Å². The molecule has 0 aliphatic heterocycles. The predicted molar refractivity (Wildman–Crippen MR) is 77.4 cm³/mol. The molecule has 0 unspecified atom stereocenters. The van der Waals surface area contributed by atoms with Gasteiger partial charge in [0, 0.05) is 11.1 Å². The molecule has 9 heteroatoms. The third kappa shape index (κ3) is 3.34. The first-order chi connectivity index (χ1) is 9.83. The Morgan fingerprint density at radius 1 is 1.38 bits per heavy atom. The summed E-state index contributed by atoms with van der Waals surface area (Å²) in [7, 11) is -2.75. The standard InChI is InChI=1S/C12H11ClFN3O3S/c1-20-11-3-2-8(6-16-11)17-21(18,19)10-5-7(13)4-9(15)12(10)14/h2-6,17H,15H2,1H3. The maximum atomic E-state index is 13.9. The molecule has 2 rings (SSSR count). The highest BCUT2D eigenvalue weighted by atomic mass is 35.5. The lowest BCUT2D eigenvalue weighted by Gasteiger charge is -2.10. The Labute approximate surface area is 125 Å². The van der Waals surface area contributed by atoms with Crippen LogP contribution in [0.25, 0.3) is 0 Å². The van der Waals surface area contributed by atoms with Crippen molar-refractivity contribution in [3.63, 3.8) is 0 Å². The van der Waals surface area contributed by atoms with E-state index in [-0.39, 0.29) is 16.4 Å². The molecule has 2 aromatic rings. The summed E-state index contributed by atoms with van der Waals surface area (Å²) < 4.78 is 45.2. The minimum atomic E-state index is -4.18. The van der Waals surface area contributed by atoms with E-state index in [1.165, 1.54) is 25.4 Å². The summed E-state index contributed by atoms with van der Waals surface area (Å²) in [4.78, 5) is 3.20. The van der Waals surface area contributed by atoms with Crippen LogP contribution in [0.3, 0.4) is 0 Å². The van der Waals surface area contributed by atoms with Gasteiger partial charge in [0.1, 0.15) is 4.90 Å². The van der Waals surface area contributed by atoms with E-state index in [4.69, 9.17) is 22.1 Å². The van der Waals surface area contributed by atoms with E-state index < -0.39 is 20.7 Å². The predicted octanol–water partition coefficient (Wildman–Crippen LogP) is 2.27. The molecule has 1 aromatic heterocycles. The zero-order chi connectivity index (χ0) is 15.6. The van der Waals surface area contributed by atoms with Crippen LogP contribution in [0.1, 0.15) is 0 Å². The molecule has 21 heavy (non-hydrogen) atoms. The molecular formula is C12H11ClFN3O3S. The number of halogens is 2. The molecule has 0 saturated carbocycles. The van der Waals surface area contributed by atoms with Crippen LogP contribution < -0.4 is 15.2 Å². The summed E-state index contributed by atoms with van der Waals surface area (Å²) in [5.74, 6) is -0.746. The number of nitrogens with two attached hydrogens (primary N) is 1. The van der Waals surface area contributed by atoms with Crippen molar-refractivity contribution in [2.24, 2.45) is 0 Å². The summed E-state index contributed by atoms with van der Waals surface area (Å²) in [5.41, 5.74) is 5.16. The summed E-state index contributed by atoms with van der Waals surface area (Å²) >= 11 is 5.70. The van der Waals surface area contributed by atoms with Gasteiger partial charge in [-0.05, 0) is 18.2 Å². The van der Waals surface area contributed by atoms with Crippen LogP contribution in [0.4, 0.5) is 15.8 Å².